The van der Waals surface area contributed by atoms with Gasteiger partial charge in [-0.1, -0.05) is 0 Å². The van der Waals surface area contributed by atoms with Crippen LogP contribution in [0.2, 0.25) is 0 Å². The molecule has 1 aromatic heterocycles. The van der Waals surface area contributed by atoms with E-state index in [0.717, 1.165) is 18.3 Å². The Hall–Kier alpha value is -1.62. The minimum Gasteiger partial charge on any atom is -0.381 e. The molecule has 0 radical (unpaired) electrons. The normalized spacial score (nSPS) is 22.8. The van der Waals surface area contributed by atoms with Gasteiger partial charge in [0.1, 0.15) is 5.69 Å². The monoisotopic (exact) mass is 274 g/mol. The molecule has 2 aliphatic rings. The number of anilines is 1. The molecule has 1 atom stereocenters. The Morgan fingerprint density at radius 1 is 1.40 bits per heavy atom. The van der Waals surface area contributed by atoms with Crippen LogP contribution in [0.1, 0.15) is 29.8 Å². The first-order chi connectivity index (χ1) is 9.63. The fourth-order valence-corrected chi connectivity index (χ4v) is 2.78. The quantitative estimate of drug-likeness (QED) is 0.902. The molecule has 1 aromatic rings. The third kappa shape index (κ3) is 2.93. The third-order valence-corrected chi connectivity index (χ3v) is 4.04. The summed E-state index contributed by atoms with van der Waals surface area (Å²) in [5.74, 6) is -0.0559. The number of likely N-dealkylation sites (tertiary alicyclic amines) is 1. The van der Waals surface area contributed by atoms with E-state index in [9.17, 15) is 4.79 Å². The molecule has 1 saturated carbocycles. The van der Waals surface area contributed by atoms with Gasteiger partial charge in [-0.25, -0.2) is 0 Å². The minimum atomic E-state index is -0.0559. The van der Waals surface area contributed by atoms with E-state index in [1.807, 2.05) is 12.1 Å². The molecule has 0 aromatic carbocycles. The molecule has 1 aliphatic carbocycles. The third-order valence-electron chi connectivity index (χ3n) is 4.04. The SMILES string of the molecule is CN(C)C(=O)c1cc(NC2CCN(C3CC3)C2)ccn1. The molecule has 2 heterocycles. The molecule has 1 amide bonds. The maximum atomic E-state index is 11.9. The first kappa shape index (κ1) is 13.4. The second kappa shape index (κ2) is 5.40. The van der Waals surface area contributed by atoms with E-state index in [1.54, 1.807) is 25.2 Å². The van der Waals surface area contributed by atoms with Crippen LogP contribution in [-0.2, 0) is 0 Å². The van der Waals surface area contributed by atoms with Crippen molar-refractivity contribution in [2.75, 3.05) is 32.5 Å². The van der Waals surface area contributed by atoms with E-state index in [-0.39, 0.29) is 5.91 Å². The van der Waals surface area contributed by atoms with E-state index in [0.29, 0.717) is 11.7 Å². The van der Waals surface area contributed by atoms with Crippen molar-refractivity contribution in [1.82, 2.24) is 14.8 Å². The molecule has 0 bridgehead atoms. The largest absolute Gasteiger partial charge is 0.381 e. The van der Waals surface area contributed by atoms with Crippen LogP contribution >= 0.6 is 0 Å². The van der Waals surface area contributed by atoms with Gasteiger partial charge in [0, 0.05) is 51.2 Å². The van der Waals surface area contributed by atoms with Gasteiger partial charge in [-0.15, -0.1) is 0 Å². The number of nitrogens with one attached hydrogen (secondary N) is 1. The Bertz CT molecular complexity index is 498. The predicted octanol–water partition coefficient (Wildman–Crippen LogP) is 1.43. The van der Waals surface area contributed by atoms with Gasteiger partial charge in [-0.05, 0) is 31.4 Å². The van der Waals surface area contributed by atoms with Crippen LogP contribution < -0.4 is 5.32 Å². The van der Waals surface area contributed by atoms with Crippen LogP contribution in [0, 0.1) is 0 Å². The lowest BCUT2D eigenvalue weighted by Crippen LogP contribution is -2.28. The van der Waals surface area contributed by atoms with E-state index in [2.05, 4.69) is 15.2 Å². The van der Waals surface area contributed by atoms with Crippen molar-refractivity contribution < 1.29 is 4.79 Å². The van der Waals surface area contributed by atoms with Crippen molar-refractivity contribution >= 4 is 11.6 Å². The number of rotatable bonds is 4. The summed E-state index contributed by atoms with van der Waals surface area (Å²) >= 11 is 0. The Morgan fingerprint density at radius 2 is 2.20 bits per heavy atom. The summed E-state index contributed by atoms with van der Waals surface area (Å²) in [5, 5.41) is 3.54. The van der Waals surface area contributed by atoms with E-state index >= 15 is 0 Å². The number of hydrogen-bond acceptors (Lipinski definition) is 4. The Morgan fingerprint density at radius 3 is 2.90 bits per heavy atom. The van der Waals surface area contributed by atoms with Crippen LogP contribution in [0.3, 0.4) is 0 Å². The zero-order valence-electron chi connectivity index (χ0n) is 12.2. The lowest BCUT2D eigenvalue weighted by Gasteiger charge is -2.17. The molecule has 1 unspecified atom stereocenters. The molecular formula is C15H22N4O. The molecular weight excluding hydrogens is 252 g/mol. The molecule has 3 rings (SSSR count). The lowest BCUT2D eigenvalue weighted by atomic mass is 10.2. The molecule has 5 nitrogen and oxygen atoms in total. The van der Waals surface area contributed by atoms with Gasteiger partial charge >= 0.3 is 0 Å². The average Bonchev–Trinajstić information content (AvgIpc) is 3.19. The number of amides is 1. The summed E-state index contributed by atoms with van der Waals surface area (Å²) in [6.07, 6.45) is 5.61. The summed E-state index contributed by atoms with van der Waals surface area (Å²) in [7, 11) is 3.49. The fraction of sp³-hybridized carbons (Fsp3) is 0.600. The number of carbonyl (C=O) groups excluding carboxylic acids is 1. The number of hydrogen-bond donors (Lipinski definition) is 1. The highest BCUT2D eigenvalue weighted by molar-refractivity contribution is 5.92. The topological polar surface area (TPSA) is 48.5 Å². The molecule has 108 valence electrons. The highest BCUT2D eigenvalue weighted by atomic mass is 16.2. The Balaban J connectivity index is 1.62. The van der Waals surface area contributed by atoms with Gasteiger partial charge in [0.05, 0.1) is 0 Å². The standard InChI is InChI=1S/C15H22N4O/c1-18(2)15(20)14-9-11(5-7-16-14)17-12-6-8-19(10-12)13-3-4-13/h5,7,9,12-13H,3-4,6,8,10H2,1-2H3,(H,16,17). The zero-order valence-corrected chi connectivity index (χ0v) is 12.2. The van der Waals surface area contributed by atoms with Crippen LogP contribution in [0.5, 0.6) is 0 Å². The van der Waals surface area contributed by atoms with Crippen LogP contribution in [0.15, 0.2) is 18.3 Å². The van der Waals surface area contributed by atoms with Gasteiger partial charge in [0.2, 0.25) is 0 Å². The van der Waals surface area contributed by atoms with Crippen molar-refractivity contribution in [1.29, 1.82) is 0 Å². The Kier molecular flexibility index (Phi) is 3.61. The van der Waals surface area contributed by atoms with Gasteiger partial charge in [-0.2, -0.15) is 0 Å². The lowest BCUT2D eigenvalue weighted by molar-refractivity contribution is 0.0822. The van der Waals surface area contributed by atoms with E-state index < -0.39 is 0 Å². The molecule has 1 aliphatic heterocycles. The number of carbonyl (C=O) groups is 1. The molecule has 0 spiro atoms. The van der Waals surface area contributed by atoms with Gasteiger partial charge in [-0.3, -0.25) is 14.7 Å². The fourth-order valence-electron chi connectivity index (χ4n) is 2.78. The smallest absolute Gasteiger partial charge is 0.272 e. The van der Waals surface area contributed by atoms with Gasteiger partial charge in [0.25, 0.3) is 5.91 Å². The van der Waals surface area contributed by atoms with Crippen molar-refractivity contribution in [2.45, 2.75) is 31.3 Å². The van der Waals surface area contributed by atoms with Crippen molar-refractivity contribution in [3.63, 3.8) is 0 Å². The predicted molar refractivity (Wildman–Crippen MR) is 78.9 cm³/mol. The maximum Gasteiger partial charge on any atom is 0.272 e. The summed E-state index contributed by atoms with van der Waals surface area (Å²) in [4.78, 5) is 20.2. The van der Waals surface area contributed by atoms with Crippen LogP contribution in [0.25, 0.3) is 0 Å². The Labute approximate surface area is 120 Å². The minimum absolute atomic E-state index is 0.0559. The molecule has 2 fully saturated rings. The summed E-state index contributed by atoms with van der Waals surface area (Å²) < 4.78 is 0. The van der Waals surface area contributed by atoms with Crippen molar-refractivity contribution in [3.8, 4) is 0 Å². The summed E-state index contributed by atoms with van der Waals surface area (Å²) in [6, 6.07) is 5.11. The second-order valence-corrected chi connectivity index (χ2v) is 5.99. The molecule has 5 heteroatoms. The van der Waals surface area contributed by atoms with Gasteiger partial charge < -0.3 is 10.2 Å². The summed E-state index contributed by atoms with van der Waals surface area (Å²) in [6.45, 7) is 2.31. The number of aromatic nitrogens is 1. The number of nitrogens with zero attached hydrogens (tertiary/aromatic N) is 3. The average molecular weight is 274 g/mol. The maximum absolute atomic E-state index is 11.9. The summed E-state index contributed by atoms with van der Waals surface area (Å²) in [5.41, 5.74) is 1.49. The molecule has 1 saturated heterocycles. The second-order valence-electron chi connectivity index (χ2n) is 5.99. The molecule has 20 heavy (non-hydrogen) atoms. The van der Waals surface area contributed by atoms with Crippen LogP contribution in [0.4, 0.5) is 5.69 Å². The highest BCUT2D eigenvalue weighted by Gasteiger charge is 2.34. The zero-order chi connectivity index (χ0) is 14.1. The van der Waals surface area contributed by atoms with E-state index in [1.165, 1.54) is 25.8 Å². The van der Waals surface area contributed by atoms with Crippen LogP contribution in [-0.4, -0.2) is 60.0 Å². The first-order valence-corrected chi connectivity index (χ1v) is 7.32. The highest BCUT2D eigenvalue weighted by Crippen LogP contribution is 2.30. The van der Waals surface area contributed by atoms with E-state index in [4.69, 9.17) is 0 Å². The van der Waals surface area contributed by atoms with Crippen molar-refractivity contribution in [3.05, 3.63) is 24.0 Å². The van der Waals surface area contributed by atoms with Gasteiger partial charge in [0.15, 0.2) is 0 Å². The van der Waals surface area contributed by atoms with Crippen molar-refractivity contribution in [2.24, 2.45) is 0 Å². The number of pyridine rings is 1. The first-order valence-electron chi connectivity index (χ1n) is 7.32. The molecule has 1 N–H and O–H groups in total.